The molecule has 2 aromatic carbocycles. The molecule has 22 heavy (non-hydrogen) atoms. The predicted molar refractivity (Wildman–Crippen MR) is 81.9 cm³/mol. The standard InChI is InChI=1S/C18H16FNO2/c1-11-17(12(2)22-20-11)14-8-9-16(19)15(10-14)18(21)13-6-4-3-5-7-13/h3-10,18,21H,1-2H3. The van der Waals surface area contributed by atoms with Gasteiger partial charge in [0.05, 0.1) is 5.69 Å². The molecule has 112 valence electrons. The van der Waals surface area contributed by atoms with Crippen molar-refractivity contribution in [2.45, 2.75) is 20.0 Å². The molecule has 1 heterocycles. The number of aliphatic hydroxyl groups excluding tert-OH is 1. The Morgan fingerprint density at radius 2 is 1.82 bits per heavy atom. The minimum absolute atomic E-state index is 0.240. The summed E-state index contributed by atoms with van der Waals surface area (Å²) < 4.78 is 19.3. The molecule has 0 spiro atoms. The molecule has 1 N–H and O–H groups in total. The highest BCUT2D eigenvalue weighted by atomic mass is 19.1. The third-order valence-electron chi connectivity index (χ3n) is 3.73. The second-order valence-corrected chi connectivity index (χ2v) is 5.25. The van der Waals surface area contributed by atoms with E-state index in [1.54, 1.807) is 24.3 Å². The SMILES string of the molecule is Cc1noc(C)c1-c1ccc(F)c(C(O)c2ccccc2)c1. The maximum atomic E-state index is 14.1. The van der Waals surface area contributed by atoms with Gasteiger partial charge in [-0.3, -0.25) is 0 Å². The number of aryl methyl sites for hydroxylation is 2. The number of benzene rings is 2. The van der Waals surface area contributed by atoms with Crippen LogP contribution in [0.5, 0.6) is 0 Å². The van der Waals surface area contributed by atoms with Crippen molar-refractivity contribution in [1.29, 1.82) is 0 Å². The second-order valence-electron chi connectivity index (χ2n) is 5.25. The summed E-state index contributed by atoms with van der Waals surface area (Å²) in [6.07, 6.45) is -1.01. The zero-order valence-corrected chi connectivity index (χ0v) is 12.4. The van der Waals surface area contributed by atoms with E-state index in [2.05, 4.69) is 5.16 Å². The molecule has 4 heteroatoms. The molecule has 0 aliphatic rings. The topological polar surface area (TPSA) is 46.3 Å². The van der Waals surface area contributed by atoms with Crippen molar-refractivity contribution in [3.63, 3.8) is 0 Å². The van der Waals surface area contributed by atoms with Crippen molar-refractivity contribution in [1.82, 2.24) is 5.16 Å². The van der Waals surface area contributed by atoms with Gasteiger partial charge in [0.2, 0.25) is 0 Å². The van der Waals surface area contributed by atoms with E-state index in [1.807, 2.05) is 32.0 Å². The first kappa shape index (κ1) is 14.5. The summed E-state index contributed by atoms with van der Waals surface area (Å²) in [4.78, 5) is 0. The normalized spacial score (nSPS) is 12.4. The molecule has 3 aromatic rings. The molecule has 3 rings (SSSR count). The van der Waals surface area contributed by atoms with Gasteiger partial charge in [-0.05, 0) is 37.1 Å². The minimum Gasteiger partial charge on any atom is -0.384 e. The van der Waals surface area contributed by atoms with Gasteiger partial charge >= 0.3 is 0 Å². The van der Waals surface area contributed by atoms with Gasteiger partial charge in [-0.1, -0.05) is 41.6 Å². The number of hydrogen-bond acceptors (Lipinski definition) is 3. The Morgan fingerprint density at radius 3 is 2.45 bits per heavy atom. The highest BCUT2D eigenvalue weighted by Crippen LogP contribution is 2.32. The Balaban J connectivity index is 2.08. The molecule has 0 fully saturated rings. The van der Waals surface area contributed by atoms with Crippen molar-refractivity contribution in [3.05, 3.63) is 76.9 Å². The van der Waals surface area contributed by atoms with Gasteiger partial charge in [0.1, 0.15) is 17.7 Å². The first-order chi connectivity index (χ1) is 10.6. The molecule has 1 atom stereocenters. The molecule has 0 radical (unpaired) electrons. The molecule has 0 saturated heterocycles. The molecule has 1 unspecified atom stereocenters. The molecule has 0 aliphatic carbocycles. The molecule has 3 nitrogen and oxygen atoms in total. The smallest absolute Gasteiger partial charge is 0.141 e. The summed E-state index contributed by atoms with van der Waals surface area (Å²) in [5, 5.41) is 14.4. The zero-order chi connectivity index (χ0) is 15.7. The highest BCUT2D eigenvalue weighted by molar-refractivity contribution is 5.68. The van der Waals surface area contributed by atoms with Crippen LogP contribution in [0.3, 0.4) is 0 Å². The van der Waals surface area contributed by atoms with E-state index in [9.17, 15) is 9.50 Å². The van der Waals surface area contributed by atoms with E-state index in [1.165, 1.54) is 6.07 Å². The van der Waals surface area contributed by atoms with E-state index >= 15 is 0 Å². The van der Waals surface area contributed by atoms with Crippen molar-refractivity contribution >= 4 is 0 Å². The Bertz CT molecular complexity index is 777. The van der Waals surface area contributed by atoms with Gasteiger partial charge in [0, 0.05) is 11.1 Å². The average Bonchev–Trinajstić information content (AvgIpc) is 2.87. The van der Waals surface area contributed by atoms with Gasteiger partial charge in [-0.2, -0.15) is 0 Å². The largest absolute Gasteiger partial charge is 0.384 e. The number of aliphatic hydroxyl groups is 1. The lowest BCUT2D eigenvalue weighted by Crippen LogP contribution is -2.03. The van der Waals surface area contributed by atoms with E-state index in [0.717, 1.165) is 16.8 Å². The van der Waals surface area contributed by atoms with Crippen LogP contribution in [-0.4, -0.2) is 10.3 Å². The van der Waals surface area contributed by atoms with Gasteiger partial charge in [-0.15, -0.1) is 0 Å². The lowest BCUT2D eigenvalue weighted by atomic mass is 9.96. The van der Waals surface area contributed by atoms with Crippen molar-refractivity contribution in [2.75, 3.05) is 0 Å². The minimum atomic E-state index is -1.01. The number of rotatable bonds is 3. The van der Waals surface area contributed by atoms with Gasteiger partial charge < -0.3 is 9.63 Å². The van der Waals surface area contributed by atoms with Crippen LogP contribution >= 0.6 is 0 Å². The van der Waals surface area contributed by atoms with E-state index in [4.69, 9.17) is 4.52 Å². The fourth-order valence-corrected chi connectivity index (χ4v) is 2.62. The summed E-state index contributed by atoms with van der Waals surface area (Å²) in [6.45, 7) is 3.65. The summed E-state index contributed by atoms with van der Waals surface area (Å²) in [5.41, 5.74) is 3.24. The van der Waals surface area contributed by atoms with Gasteiger partial charge in [0.15, 0.2) is 0 Å². The molecular weight excluding hydrogens is 281 g/mol. The summed E-state index contributed by atoms with van der Waals surface area (Å²) in [7, 11) is 0. The third-order valence-corrected chi connectivity index (χ3v) is 3.73. The van der Waals surface area contributed by atoms with Crippen molar-refractivity contribution in [3.8, 4) is 11.1 Å². The quantitative estimate of drug-likeness (QED) is 0.789. The van der Waals surface area contributed by atoms with Crippen LogP contribution < -0.4 is 0 Å². The van der Waals surface area contributed by atoms with E-state index < -0.39 is 11.9 Å². The van der Waals surface area contributed by atoms with Crippen LogP contribution in [0.15, 0.2) is 53.1 Å². The monoisotopic (exact) mass is 297 g/mol. The molecular formula is C18H16FNO2. The molecule has 1 aromatic heterocycles. The fraction of sp³-hybridized carbons (Fsp3) is 0.167. The lowest BCUT2D eigenvalue weighted by molar-refractivity contribution is 0.215. The zero-order valence-electron chi connectivity index (χ0n) is 12.4. The van der Waals surface area contributed by atoms with Crippen molar-refractivity contribution < 1.29 is 14.0 Å². The first-order valence-electron chi connectivity index (χ1n) is 7.03. The average molecular weight is 297 g/mol. The van der Waals surface area contributed by atoms with Gasteiger partial charge in [0.25, 0.3) is 0 Å². The lowest BCUT2D eigenvalue weighted by Gasteiger charge is -2.14. The number of halogens is 1. The molecule has 0 saturated carbocycles. The Kier molecular flexibility index (Phi) is 3.77. The van der Waals surface area contributed by atoms with Gasteiger partial charge in [-0.25, -0.2) is 4.39 Å². The summed E-state index contributed by atoms with van der Waals surface area (Å²) >= 11 is 0. The summed E-state index contributed by atoms with van der Waals surface area (Å²) in [6, 6.07) is 13.7. The van der Waals surface area contributed by atoms with E-state index in [-0.39, 0.29) is 5.56 Å². The predicted octanol–water partition coefficient (Wildman–Crippen LogP) is 4.18. The number of aromatic nitrogens is 1. The Hall–Kier alpha value is -2.46. The summed E-state index contributed by atoms with van der Waals surface area (Å²) in [5.74, 6) is 0.233. The maximum Gasteiger partial charge on any atom is 0.141 e. The molecule has 0 aliphatic heterocycles. The van der Waals surface area contributed by atoms with Crippen LogP contribution in [0.4, 0.5) is 4.39 Å². The Morgan fingerprint density at radius 1 is 1.09 bits per heavy atom. The third kappa shape index (κ3) is 2.53. The Labute approximate surface area is 128 Å². The molecule has 0 amide bonds. The van der Waals surface area contributed by atoms with Crippen molar-refractivity contribution in [2.24, 2.45) is 0 Å². The highest BCUT2D eigenvalue weighted by Gasteiger charge is 2.18. The van der Waals surface area contributed by atoms with Crippen LogP contribution in [0.2, 0.25) is 0 Å². The van der Waals surface area contributed by atoms with Crippen LogP contribution in [-0.2, 0) is 0 Å². The van der Waals surface area contributed by atoms with E-state index in [0.29, 0.717) is 11.3 Å². The number of hydrogen-bond donors (Lipinski definition) is 1. The second kappa shape index (κ2) is 5.73. The fourth-order valence-electron chi connectivity index (χ4n) is 2.62. The first-order valence-corrected chi connectivity index (χ1v) is 7.03. The van der Waals surface area contributed by atoms with Crippen LogP contribution in [0, 0.1) is 19.7 Å². The van der Waals surface area contributed by atoms with Crippen LogP contribution in [0.25, 0.3) is 11.1 Å². The maximum absolute atomic E-state index is 14.1. The van der Waals surface area contributed by atoms with Crippen LogP contribution in [0.1, 0.15) is 28.7 Å². The molecule has 0 bridgehead atoms. The number of nitrogens with zero attached hydrogens (tertiary/aromatic N) is 1.